The van der Waals surface area contributed by atoms with Gasteiger partial charge in [0.1, 0.15) is 12.4 Å². The predicted molar refractivity (Wildman–Crippen MR) is 67.5 cm³/mol. The molecule has 0 aliphatic carbocycles. The number of ether oxygens (including phenoxy) is 2. The van der Waals surface area contributed by atoms with E-state index in [4.69, 9.17) is 16.3 Å². The maximum absolute atomic E-state index is 11.0. The van der Waals surface area contributed by atoms with Gasteiger partial charge in [0, 0.05) is 6.42 Å². The van der Waals surface area contributed by atoms with E-state index in [1.54, 1.807) is 18.2 Å². The van der Waals surface area contributed by atoms with Crippen molar-refractivity contribution in [2.75, 3.05) is 13.7 Å². The van der Waals surface area contributed by atoms with E-state index in [0.717, 1.165) is 5.56 Å². The largest absolute Gasteiger partial charge is 0.488 e. The average molecular weight is 255 g/mol. The van der Waals surface area contributed by atoms with Gasteiger partial charge < -0.3 is 9.47 Å². The quantitative estimate of drug-likeness (QED) is 0.578. The van der Waals surface area contributed by atoms with Crippen LogP contribution in [-0.2, 0) is 16.0 Å². The Kier molecular flexibility index (Phi) is 5.57. The average Bonchev–Trinajstić information content (AvgIpc) is 2.34. The lowest BCUT2D eigenvalue weighted by atomic mass is 10.1. The standard InChI is InChI=1S/C13H15ClO3/c1-3-8-17-12-6-4-10(9-11(12)14)5-7-13(15)16-2/h3-4,6,9H,1,5,7-8H2,2H3. The van der Waals surface area contributed by atoms with Crippen LogP contribution in [-0.4, -0.2) is 19.7 Å². The summed E-state index contributed by atoms with van der Waals surface area (Å²) >= 11 is 6.04. The van der Waals surface area contributed by atoms with Gasteiger partial charge in [0.2, 0.25) is 0 Å². The second-order valence-electron chi connectivity index (χ2n) is 3.44. The lowest BCUT2D eigenvalue weighted by Crippen LogP contribution is -2.02. The number of aryl methyl sites for hydroxylation is 1. The molecule has 0 amide bonds. The predicted octanol–water partition coefficient (Wildman–Crippen LogP) is 3.01. The van der Waals surface area contributed by atoms with E-state index in [1.807, 2.05) is 6.07 Å². The number of rotatable bonds is 6. The molecule has 0 atom stereocenters. The lowest BCUT2D eigenvalue weighted by Gasteiger charge is -2.07. The van der Waals surface area contributed by atoms with E-state index < -0.39 is 0 Å². The number of methoxy groups -OCH3 is 1. The van der Waals surface area contributed by atoms with Crippen molar-refractivity contribution in [2.45, 2.75) is 12.8 Å². The van der Waals surface area contributed by atoms with Crippen LogP contribution in [0.5, 0.6) is 5.75 Å². The number of hydrogen-bond acceptors (Lipinski definition) is 3. The minimum Gasteiger partial charge on any atom is -0.488 e. The maximum Gasteiger partial charge on any atom is 0.305 e. The summed E-state index contributed by atoms with van der Waals surface area (Å²) in [6.45, 7) is 3.98. The molecule has 0 aliphatic rings. The third kappa shape index (κ3) is 4.49. The van der Waals surface area contributed by atoms with Gasteiger partial charge in [0.25, 0.3) is 0 Å². The molecule has 0 aliphatic heterocycles. The second-order valence-corrected chi connectivity index (χ2v) is 3.85. The molecule has 0 unspecified atom stereocenters. The molecule has 0 radical (unpaired) electrons. The van der Waals surface area contributed by atoms with Gasteiger partial charge in [-0.25, -0.2) is 0 Å². The molecule has 3 nitrogen and oxygen atoms in total. The monoisotopic (exact) mass is 254 g/mol. The Balaban J connectivity index is 2.61. The van der Waals surface area contributed by atoms with E-state index >= 15 is 0 Å². The van der Waals surface area contributed by atoms with Crippen molar-refractivity contribution in [3.8, 4) is 5.75 Å². The summed E-state index contributed by atoms with van der Waals surface area (Å²) in [7, 11) is 1.38. The number of hydrogen-bond donors (Lipinski definition) is 0. The van der Waals surface area contributed by atoms with Gasteiger partial charge in [-0.15, -0.1) is 0 Å². The Morgan fingerprint density at radius 2 is 2.29 bits per heavy atom. The van der Waals surface area contributed by atoms with Crippen LogP contribution < -0.4 is 4.74 Å². The number of halogens is 1. The molecule has 0 aromatic heterocycles. The molecule has 1 aromatic rings. The van der Waals surface area contributed by atoms with E-state index in [9.17, 15) is 4.79 Å². The zero-order chi connectivity index (χ0) is 12.7. The molecular formula is C13H15ClO3. The molecule has 0 saturated heterocycles. The first-order valence-corrected chi connectivity index (χ1v) is 5.64. The number of carbonyl (C=O) groups excluding carboxylic acids is 1. The van der Waals surface area contributed by atoms with Gasteiger partial charge >= 0.3 is 5.97 Å². The van der Waals surface area contributed by atoms with Crippen molar-refractivity contribution in [1.82, 2.24) is 0 Å². The Morgan fingerprint density at radius 3 is 2.88 bits per heavy atom. The van der Waals surface area contributed by atoms with E-state index in [0.29, 0.717) is 30.2 Å². The molecule has 0 saturated carbocycles. The van der Waals surface area contributed by atoms with Gasteiger partial charge in [-0.05, 0) is 24.1 Å². The summed E-state index contributed by atoms with van der Waals surface area (Å²) in [6, 6.07) is 5.47. The molecule has 92 valence electrons. The third-order valence-corrected chi connectivity index (χ3v) is 2.49. The first-order chi connectivity index (χ1) is 8.17. The molecule has 4 heteroatoms. The minimum absolute atomic E-state index is 0.229. The van der Waals surface area contributed by atoms with Crippen molar-refractivity contribution in [3.63, 3.8) is 0 Å². The fourth-order valence-corrected chi connectivity index (χ4v) is 1.57. The van der Waals surface area contributed by atoms with Crippen LogP contribution >= 0.6 is 11.6 Å². The third-order valence-electron chi connectivity index (χ3n) is 2.20. The highest BCUT2D eigenvalue weighted by Gasteiger charge is 2.05. The normalized spacial score (nSPS) is 9.76. The molecule has 0 bridgehead atoms. The van der Waals surface area contributed by atoms with Crippen LogP contribution in [0.4, 0.5) is 0 Å². The van der Waals surface area contributed by atoms with Crippen LogP contribution in [0.15, 0.2) is 30.9 Å². The highest BCUT2D eigenvalue weighted by molar-refractivity contribution is 6.32. The smallest absolute Gasteiger partial charge is 0.305 e. The Morgan fingerprint density at radius 1 is 1.53 bits per heavy atom. The Bertz CT molecular complexity index is 402. The second kappa shape index (κ2) is 6.97. The van der Waals surface area contributed by atoms with E-state index in [1.165, 1.54) is 7.11 Å². The Labute approximate surface area is 106 Å². The zero-order valence-electron chi connectivity index (χ0n) is 9.74. The molecule has 1 aromatic carbocycles. The highest BCUT2D eigenvalue weighted by Crippen LogP contribution is 2.25. The SMILES string of the molecule is C=CCOc1ccc(CCC(=O)OC)cc1Cl. The van der Waals surface area contributed by atoms with Crippen LogP contribution in [0.2, 0.25) is 5.02 Å². The van der Waals surface area contributed by atoms with Gasteiger partial charge in [-0.2, -0.15) is 0 Å². The van der Waals surface area contributed by atoms with Gasteiger partial charge in [-0.3, -0.25) is 4.79 Å². The maximum atomic E-state index is 11.0. The fraction of sp³-hybridized carbons (Fsp3) is 0.308. The minimum atomic E-state index is -0.229. The van der Waals surface area contributed by atoms with Crippen LogP contribution in [0, 0.1) is 0 Å². The Hall–Kier alpha value is -1.48. The van der Waals surface area contributed by atoms with Crippen molar-refractivity contribution in [2.24, 2.45) is 0 Å². The summed E-state index contributed by atoms with van der Waals surface area (Å²) in [4.78, 5) is 11.0. The summed E-state index contributed by atoms with van der Waals surface area (Å²) in [5.41, 5.74) is 0.978. The first kappa shape index (κ1) is 13.6. The van der Waals surface area contributed by atoms with Crippen molar-refractivity contribution < 1.29 is 14.3 Å². The number of carbonyl (C=O) groups is 1. The van der Waals surface area contributed by atoms with Crippen molar-refractivity contribution in [1.29, 1.82) is 0 Å². The van der Waals surface area contributed by atoms with Crippen LogP contribution in [0.25, 0.3) is 0 Å². The lowest BCUT2D eigenvalue weighted by molar-refractivity contribution is -0.140. The van der Waals surface area contributed by atoms with Crippen molar-refractivity contribution >= 4 is 17.6 Å². The summed E-state index contributed by atoms with van der Waals surface area (Å²) in [5, 5.41) is 0.536. The van der Waals surface area contributed by atoms with E-state index in [-0.39, 0.29) is 5.97 Å². The summed E-state index contributed by atoms with van der Waals surface area (Å²) in [5.74, 6) is 0.390. The van der Waals surface area contributed by atoms with E-state index in [2.05, 4.69) is 11.3 Å². The molecule has 0 N–H and O–H groups in total. The van der Waals surface area contributed by atoms with Gasteiger partial charge in [0.05, 0.1) is 12.1 Å². The van der Waals surface area contributed by atoms with Gasteiger partial charge in [-0.1, -0.05) is 30.3 Å². The van der Waals surface area contributed by atoms with Crippen LogP contribution in [0.3, 0.4) is 0 Å². The first-order valence-electron chi connectivity index (χ1n) is 5.26. The molecule has 1 rings (SSSR count). The topological polar surface area (TPSA) is 35.5 Å². The summed E-state index contributed by atoms with van der Waals surface area (Å²) in [6.07, 6.45) is 2.61. The molecule has 0 heterocycles. The molecular weight excluding hydrogens is 240 g/mol. The number of benzene rings is 1. The zero-order valence-corrected chi connectivity index (χ0v) is 10.5. The molecule has 17 heavy (non-hydrogen) atoms. The fourth-order valence-electron chi connectivity index (χ4n) is 1.31. The molecule has 0 fully saturated rings. The molecule has 0 spiro atoms. The number of esters is 1. The van der Waals surface area contributed by atoms with Crippen molar-refractivity contribution in [3.05, 3.63) is 41.4 Å². The highest BCUT2D eigenvalue weighted by atomic mass is 35.5. The summed E-state index contributed by atoms with van der Waals surface area (Å²) < 4.78 is 9.92. The van der Waals surface area contributed by atoms with Gasteiger partial charge in [0.15, 0.2) is 0 Å². The van der Waals surface area contributed by atoms with Crippen LogP contribution in [0.1, 0.15) is 12.0 Å².